The van der Waals surface area contributed by atoms with E-state index in [0.29, 0.717) is 11.1 Å². The quantitative estimate of drug-likeness (QED) is 0.736. The molecule has 0 aromatic carbocycles. The summed E-state index contributed by atoms with van der Waals surface area (Å²) >= 11 is 8.49. The Bertz CT molecular complexity index is 277. The van der Waals surface area contributed by atoms with Crippen LogP contribution in [0, 0.1) is 0 Å². The van der Waals surface area contributed by atoms with Gasteiger partial charge in [0.1, 0.15) is 0 Å². The van der Waals surface area contributed by atoms with Crippen LogP contribution in [-0.4, -0.2) is 22.2 Å². The van der Waals surface area contributed by atoms with Gasteiger partial charge in [-0.3, -0.25) is 0 Å². The van der Waals surface area contributed by atoms with Gasteiger partial charge < -0.3 is 4.42 Å². The number of hydrogen-bond acceptors (Lipinski definition) is 5. The highest BCUT2D eigenvalue weighted by Crippen LogP contribution is 2.17. The third-order valence-electron chi connectivity index (χ3n) is 1.11. The molecular weight excluding hydrogens is 228 g/mol. The van der Waals surface area contributed by atoms with E-state index in [9.17, 15) is 0 Å². The molecule has 0 aliphatic rings. The Morgan fingerprint density at radius 1 is 1.54 bits per heavy atom. The highest BCUT2D eigenvalue weighted by Gasteiger charge is 2.03. The Kier molecular flexibility index (Phi) is 5.34. The van der Waals surface area contributed by atoms with Crippen LogP contribution in [0.25, 0.3) is 0 Å². The van der Waals surface area contributed by atoms with E-state index in [1.807, 2.05) is 12.3 Å². The number of hydrogen-bond donors (Lipinski definition) is 0. The maximum Gasteiger partial charge on any atom is 0.276 e. The number of rotatable bonds is 5. The second-order valence-corrected chi connectivity index (χ2v) is 4.16. The van der Waals surface area contributed by atoms with E-state index in [0.717, 1.165) is 11.5 Å². The lowest BCUT2D eigenvalue weighted by atomic mass is 10.8. The highest BCUT2D eigenvalue weighted by molar-refractivity contribution is 7.99. The summed E-state index contributed by atoms with van der Waals surface area (Å²) in [4.78, 5) is 0. The molecule has 0 amide bonds. The Morgan fingerprint density at radius 2 is 2.38 bits per heavy atom. The fourth-order valence-corrected chi connectivity index (χ4v) is 1.78. The normalized spacial score (nSPS) is 11.2. The summed E-state index contributed by atoms with van der Waals surface area (Å²) in [6, 6.07) is 0. The van der Waals surface area contributed by atoms with Crippen LogP contribution in [0.2, 0.25) is 0 Å². The predicted octanol–water partition coefficient (Wildman–Crippen LogP) is 2.78. The number of aromatic nitrogens is 2. The molecular formula is C7H9ClN2OS2. The third kappa shape index (κ3) is 4.06. The molecule has 0 saturated carbocycles. The molecule has 0 aliphatic carbocycles. The largest absolute Gasteiger partial charge is 0.415 e. The highest BCUT2D eigenvalue weighted by atomic mass is 35.5. The van der Waals surface area contributed by atoms with E-state index < -0.39 is 0 Å². The molecule has 72 valence electrons. The summed E-state index contributed by atoms with van der Waals surface area (Å²) in [7, 11) is 0. The molecule has 1 rings (SSSR count). The topological polar surface area (TPSA) is 38.9 Å². The lowest BCUT2D eigenvalue weighted by molar-refractivity contribution is 0.427. The van der Waals surface area contributed by atoms with E-state index in [1.165, 1.54) is 17.3 Å². The van der Waals surface area contributed by atoms with Crippen molar-refractivity contribution in [3.63, 3.8) is 0 Å². The minimum Gasteiger partial charge on any atom is -0.415 e. The van der Waals surface area contributed by atoms with Crippen LogP contribution in [-0.2, 0) is 5.75 Å². The Hall–Kier alpha value is -0.130. The van der Waals surface area contributed by atoms with Gasteiger partial charge in [-0.1, -0.05) is 29.4 Å². The Balaban J connectivity index is 2.39. The first-order valence-corrected chi connectivity index (χ1v) is 6.37. The molecule has 13 heavy (non-hydrogen) atoms. The monoisotopic (exact) mass is 236 g/mol. The first-order chi connectivity index (χ1) is 6.36. The third-order valence-corrected chi connectivity index (χ3v) is 2.59. The molecule has 0 spiro atoms. The van der Waals surface area contributed by atoms with E-state index >= 15 is 0 Å². The van der Waals surface area contributed by atoms with Crippen molar-refractivity contribution in [3.05, 3.63) is 17.5 Å². The molecule has 0 unspecified atom stereocenters. The molecule has 0 aliphatic heterocycles. The van der Waals surface area contributed by atoms with E-state index in [4.69, 9.17) is 16.0 Å². The van der Waals surface area contributed by atoms with Gasteiger partial charge >= 0.3 is 0 Å². The summed E-state index contributed by atoms with van der Waals surface area (Å²) in [5.41, 5.74) is 1.48. The molecule has 1 heterocycles. The van der Waals surface area contributed by atoms with Gasteiger partial charge in [0, 0.05) is 11.3 Å². The van der Waals surface area contributed by atoms with Crippen molar-refractivity contribution in [1.82, 2.24) is 10.2 Å². The lowest BCUT2D eigenvalue weighted by Gasteiger charge is -1.88. The van der Waals surface area contributed by atoms with Crippen molar-refractivity contribution >= 4 is 35.1 Å². The SMILES string of the molecule is CSCc1nnc(SC/C=C/Cl)o1. The van der Waals surface area contributed by atoms with Gasteiger partial charge in [-0.15, -0.1) is 10.2 Å². The van der Waals surface area contributed by atoms with Gasteiger partial charge in [0.25, 0.3) is 5.22 Å². The minimum absolute atomic E-state index is 0.596. The molecule has 0 atom stereocenters. The summed E-state index contributed by atoms with van der Waals surface area (Å²) in [6.45, 7) is 0. The van der Waals surface area contributed by atoms with Crippen molar-refractivity contribution in [3.8, 4) is 0 Å². The minimum atomic E-state index is 0.596. The molecule has 1 aromatic heterocycles. The zero-order valence-electron chi connectivity index (χ0n) is 7.07. The van der Waals surface area contributed by atoms with Crippen molar-refractivity contribution < 1.29 is 4.42 Å². The van der Waals surface area contributed by atoms with Gasteiger partial charge in [0.15, 0.2) is 0 Å². The molecule has 1 aromatic rings. The fraction of sp³-hybridized carbons (Fsp3) is 0.429. The molecule has 0 fully saturated rings. The summed E-state index contributed by atoms with van der Waals surface area (Å²) < 4.78 is 5.31. The van der Waals surface area contributed by atoms with Crippen molar-refractivity contribution in [2.45, 2.75) is 11.0 Å². The fourth-order valence-electron chi connectivity index (χ4n) is 0.634. The van der Waals surface area contributed by atoms with E-state index in [-0.39, 0.29) is 0 Å². The average molecular weight is 237 g/mol. The molecule has 3 nitrogen and oxygen atoms in total. The molecule has 0 bridgehead atoms. The van der Waals surface area contributed by atoms with Crippen molar-refractivity contribution in [1.29, 1.82) is 0 Å². The molecule has 0 N–H and O–H groups in total. The summed E-state index contributed by atoms with van der Waals surface area (Å²) in [6.07, 6.45) is 3.82. The Labute approximate surface area is 90.3 Å². The van der Waals surface area contributed by atoms with Gasteiger partial charge in [-0.2, -0.15) is 11.8 Å². The second kappa shape index (κ2) is 6.34. The van der Waals surface area contributed by atoms with Crippen LogP contribution < -0.4 is 0 Å². The first-order valence-electron chi connectivity index (χ1n) is 3.56. The lowest BCUT2D eigenvalue weighted by Crippen LogP contribution is -1.77. The van der Waals surface area contributed by atoms with Gasteiger partial charge in [-0.05, 0) is 6.26 Å². The average Bonchev–Trinajstić information content (AvgIpc) is 2.54. The van der Waals surface area contributed by atoms with Gasteiger partial charge in [0.2, 0.25) is 5.89 Å². The predicted molar refractivity (Wildman–Crippen MR) is 57.2 cm³/mol. The molecule has 0 saturated heterocycles. The maximum absolute atomic E-state index is 5.36. The van der Waals surface area contributed by atoms with Crippen LogP contribution in [0.15, 0.2) is 21.3 Å². The Morgan fingerprint density at radius 3 is 3.08 bits per heavy atom. The summed E-state index contributed by atoms with van der Waals surface area (Å²) in [5.74, 6) is 2.19. The van der Waals surface area contributed by atoms with Crippen LogP contribution in [0.5, 0.6) is 0 Å². The standard InChI is InChI=1S/C7H9ClN2OS2/c1-12-5-6-9-10-7(11-6)13-4-2-3-8/h2-3H,4-5H2,1H3/b3-2+. The van der Waals surface area contributed by atoms with E-state index in [1.54, 1.807) is 11.8 Å². The van der Waals surface area contributed by atoms with Gasteiger partial charge in [0.05, 0.1) is 5.75 Å². The van der Waals surface area contributed by atoms with Crippen LogP contribution >= 0.6 is 35.1 Å². The number of halogens is 1. The molecule has 6 heteroatoms. The maximum atomic E-state index is 5.36. The van der Waals surface area contributed by atoms with Gasteiger partial charge in [-0.25, -0.2) is 0 Å². The van der Waals surface area contributed by atoms with Crippen molar-refractivity contribution in [2.24, 2.45) is 0 Å². The smallest absolute Gasteiger partial charge is 0.276 e. The zero-order valence-corrected chi connectivity index (χ0v) is 9.45. The van der Waals surface area contributed by atoms with Crippen LogP contribution in [0.3, 0.4) is 0 Å². The summed E-state index contributed by atoms with van der Waals surface area (Å²) in [5, 5.41) is 8.33. The zero-order chi connectivity index (χ0) is 9.52. The second-order valence-electron chi connectivity index (χ2n) is 2.07. The van der Waals surface area contributed by atoms with Crippen molar-refractivity contribution in [2.75, 3.05) is 12.0 Å². The van der Waals surface area contributed by atoms with Crippen LogP contribution in [0.1, 0.15) is 5.89 Å². The van der Waals surface area contributed by atoms with E-state index in [2.05, 4.69) is 10.2 Å². The first kappa shape index (κ1) is 10.9. The number of thioether (sulfide) groups is 2. The van der Waals surface area contributed by atoms with Crippen LogP contribution in [0.4, 0.5) is 0 Å². The molecule has 0 radical (unpaired) electrons. The number of nitrogens with zero attached hydrogens (tertiary/aromatic N) is 2.